The van der Waals surface area contributed by atoms with E-state index in [-0.39, 0.29) is 24.7 Å². The molecular weight excluding hydrogens is 308 g/mol. The molecule has 118 valence electrons. The number of carbonyl (C=O) groups is 3. The van der Waals surface area contributed by atoms with Gasteiger partial charge in [-0.3, -0.25) is 9.59 Å². The number of carboxylic acid groups (broad SMARTS) is 1. The van der Waals surface area contributed by atoms with Gasteiger partial charge in [-0.25, -0.2) is 4.79 Å². The first-order valence-electron chi connectivity index (χ1n) is 7.05. The van der Waals surface area contributed by atoms with Crippen LogP contribution in [0, 0.1) is 0 Å². The summed E-state index contributed by atoms with van der Waals surface area (Å²) < 4.78 is 0. The molecule has 2 N–H and O–H groups in total. The standard InChI is InChI=1S/C15H17ClN2O4/c16-10-3-1-4-11(9-10)17-13(19)6-7-14(20)18-8-2-5-12(18)15(21)22/h1,3-4,9,12H,2,5-8H2,(H,17,19)(H,21,22). The largest absolute Gasteiger partial charge is 0.480 e. The number of carboxylic acids is 1. The van der Waals surface area contributed by atoms with Gasteiger partial charge in [-0.15, -0.1) is 0 Å². The summed E-state index contributed by atoms with van der Waals surface area (Å²) in [6.07, 6.45) is 1.15. The number of nitrogens with zero attached hydrogens (tertiary/aromatic N) is 1. The van der Waals surface area contributed by atoms with Crippen molar-refractivity contribution in [2.75, 3.05) is 11.9 Å². The lowest BCUT2D eigenvalue weighted by Crippen LogP contribution is -2.40. The number of benzene rings is 1. The molecule has 0 aromatic heterocycles. The Bertz CT molecular complexity index is 591. The summed E-state index contributed by atoms with van der Waals surface area (Å²) in [5.41, 5.74) is 0.564. The van der Waals surface area contributed by atoms with Gasteiger partial charge in [0.05, 0.1) is 0 Å². The van der Waals surface area contributed by atoms with Crippen LogP contribution < -0.4 is 5.32 Å². The monoisotopic (exact) mass is 324 g/mol. The minimum absolute atomic E-state index is 0.00379. The third kappa shape index (κ3) is 4.21. The van der Waals surface area contributed by atoms with Crippen LogP contribution in [0.1, 0.15) is 25.7 Å². The lowest BCUT2D eigenvalue weighted by molar-refractivity contribution is -0.148. The minimum atomic E-state index is -0.991. The van der Waals surface area contributed by atoms with Crippen LogP contribution in [0.25, 0.3) is 0 Å². The van der Waals surface area contributed by atoms with Crippen molar-refractivity contribution >= 4 is 35.1 Å². The zero-order valence-electron chi connectivity index (χ0n) is 11.9. The Hall–Kier alpha value is -2.08. The van der Waals surface area contributed by atoms with E-state index in [0.29, 0.717) is 30.1 Å². The maximum absolute atomic E-state index is 12.0. The molecule has 1 aromatic carbocycles. The number of carbonyl (C=O) groups excluding carboxylic acids is 2. The molecule has 22 heavy (non-hydrogen) atoms. The third-order valence-corrected chi connectivity index (χ3v) is 3.77. The van der Waals surface area contributed by atoms with Gasteiger partial charge in [-0.1, -0.05) is 17.7 Å². The Morgan fingerprint density at radius 1 is 1.32 bits per heavy atom. The molecule has 2 rings (SSSR count). The zero-order chi connectivity index (χ0) is 16.1. The number of aliphatic carboxylic acids is 1. The van der Waals surface area contributed by atoms with Gasteiger partial charge >= 0.3 is 5.97 Å². The van der Waals surface area contributed by atoms with E-state index in [1.54, 1.807) is 24.3 Å². The fourth-order valence-electron chi connectivity index (χ4n) is 2.48. The Balaban J connectivity index is 1.83. The summed E-state index contributed by atoms with van der Waals surface area (Å²) in [5.74, 6) is -1.60. The molecule has 1 heterocycles. The molecule has 1 fully saturated rings. The number of nitrogens with one attached hydrogen (secondary N) is 1. The van der Waals surface area contributed by atoms with Crippen LogP contribution in [-0.2, 0) is 14.4 Å². The molecule has 0 bridgehead atoms. The van der Waals surface area contributed by atoms with Crippen LogP contribution >= 0.6 is 11.6 Å². The van der Waals surface area contributed by atoms with Crippen molar-refractivity contribution in [3.63, 3.8) is 0 Å². The van der Waals surface area contributed by atoms with E-state index >= 15 is 0 Å². The number of hydrogen-bond acceptors (Lipinski definition) is 3. The second kappa shape index (κ2) is 7.26. The number of hydrogen-bond donors (Lipinski definition) is 2. The average molecular weight is 325 g/mol. The molecule has 1 atom stereocenters. The number of rotatable bonds is 5. The van der Waals surface area contributed by atoms with E-state index in [9.17, 15) is 14.4 Å². The van der Waals surface area contributed by atoms with Crippen molar-refractivity contribution in [1.82, 2.24) is 4.90 Å². The first kappa shape index (κ1) is 16.3. The SMILES string of the molecule is O=C(CCC(=O)N1CCCC1C(=O)O)Nc1cccc(Cl)c1. The molecule has 1 aliphatic rings. The molecule has 0 saturated carbocycles. The molecule has 6 nitrogen and oxygen atoms in total. The summed E-state index contributed by atoms with van der Waals surface area (Å²) in [4.78, 5) is 36.2. The van der Waals surface area contributed by atoms with Crippen molar-refractivity contribution in [2.45, 2.75) is 31.7 Å². The molecule has 2 amide bonds. The smallest absolute Gasteiger partial charge is 0.326 e. The van der Waals surface area contributed by atoms with Gasteiger partial charge in [0.2, 0.25) is 11.8 Å². The first-order chi connectivity index (χ1) is 10.5. The highest BCUT2D eigenvalue weighted by molar-refractivity contribution is 6.30. The van der Waals surface area contributed by atoms with E-state index in [1.807, 2.05) is 0 Å². The van der Waals surface area contributed by atoms with E-state index in [1.165, 1.54) is 4.90 Å². The molecule has 1 saturated heterocycles. The van der Waals surface area contributed by atoms with Crippen LogP contribution in [0.2, 0.25) is 5.02 Å². The van der Waals surface area contributed by atoms with E-state index in [0.717, 1.165) is 0 Å². The topological polar surface area (TPSA) is 86.7 Å². The van der Waals surface area contributed by atoms with Crippen molar-refractivity contribution < 1.29 is 19.5 Å². The summed E-state index contributed by atoms with van der Waals surface area (Å²) in [7, 11) is 0. The van der Waals surface area contributed by atoms with Gasteiger partial charge in [0, 0.05) is 30.1 Å². The summed E-state index contributed by atoms with van der Waals surface area (Å²) in [6.45, 7) is 0.436. The predicted molar refractivity (Wildman–Crippen MR) is 81.7 cm³/mol. The molecular formula is C15H17ClN2O4. The molecule has 1 unspecified atom stereocenters. The van der Waals surface area contributed by atoms with Gasteiger partial charge in [-0.2, -0.15) is 0 Å². The van der Waals surface area contributed by atoms with Gasteiger partial charge in [0.15, 0.2) is 0 Å². The minimum Gasteiger partial charge on any atom is -0.480 e. The average Bonchev–Trinajstić information content (AvgIpc) is 2.94. The maximum atomic E-state index is 12.0. The molecule has 7 heteroatoms. The van der Waals surface area contributed by atoms with Crippen molar-refractivity contribution in [3.8, 4) is 0 Å². The van der Waals surface area contributed by atoms with Gasteiger partial charge < -0.3 is 15.3 Å². The molecule has 1 aliphatic heterocycles. The van der Waals surface area contributed by atoms with Crippen molar-refractivity contribution in [2.24, 2.45) is 0 Å². The predicted octanol–water partition coefficient (Wildman–Crippen LogP) is 2.13. The Kier molecular flexibility index (Phi) is 5.38. The second-order valence-corrected chi connectivity index (χ2v) is 5.58. The Morgan fingerprint density at radius 3 is 2.77 bits per heavy atom. The van der Waals surface area contributed by atoms with Crippen molar-refractivity contribution in [1.29, 1.82) is 0 Å². The van der Waals surface area contributed by atoms with E-state index in [4.69, 9.17) is 16.7 Å². The first-order valence-corrected chi connectivity index (χ1v) is 7.43. The zero-order valence-corrected chi connectivity index (χ0v) is 12.7. The number of halogens is 1. The molecule has 0 aliphatic carbocycles. The Labute approximate surface area is 133 Å². The highest BCUT2D eigenvalue weighted by Crippen LogP contribution is 2.19. The number of amides is 2. The quantitative estimate of drug-likeness (QED) is 0.868. The molecule has 1 aromatic rings. The van der Waals surface area contributed by atoms with Crippen LogP contribution in [0.15, 0.2) is 24.3 Å². The van der Waals surface area contributed by atoms with Crippen LogP contribution in [-0.4, -0.2) is 40.4 Å². The van der Waals surface area contributed by atoms with Gasteiger partial charge in [-0.05, 0) is 31.0 Å². The fraction of sp³-hybridized carbons (Fsp3) is 0.400. The highest BCUT2D eigenvalue weighted by Gasteiger charge is 2.33. The van der Waals surface area contributed by atoms with Crippen molar-refractivity contribution in [3.05, 3.63) is 29.3 Å². The molecule has 0 radical (unpaired) electrons. The van der Waals surface area contributed by atoms with E-state index < -0.39 is 12.0 Å². The third-order valence-electron chi connectivity index (χ3n) is 3.53. The summed E-state index contributed by atoms with van der Waals surface area (Å²) in [5, 5.41) is 12.2. The fourth-order valence-corrected chi connectivity index (χ4v) is 2.67. The highest BCUT2D eigenvalue weighted by atomic mass is 35.5. The molecule has 0 spiro atoms. The van der Waals surface area contributed by atoms with Crippen LogP contribution in [0.5, 0.6) is 0 Å². The van der Waals surface area contributed by atoms with Crippen LogP contribution in [0.3, 0.4) is 0 Å². The maximum Gasteiger partial charge on any atom is 0.326 e. The number of anilines is 1. The van der Waals surface area contributed by atoms with Gasteiger partial charge in [0.1, 0.15) is 6.04 Å². The summed E-state index contributed by atoms with van der Waals surface area (Å²) >= 11 is 5.82. The second-order valence-electron chi connectivity index (χ2n) is 5.14. The lowest BCUT2D eigenvalue weighted by atomic mass is 10.2. The van der Waals surface area contributed by atoms with Gasteiger partial charge in [0.25, 0.3) is 0 Å². The number of likely N-dealkylation sites (tertiary alicyclic amines) is 1. The Morgan fingerprint density at radius 2 is 2.09 bits per heavy atom. The lowest BCUT2D eigenvalue weighted by Gasteiger charge is -2.21. The normalized spacial score (nSPS) is 17.3. The van der Waals surface area contributed by atoms with Crippen LogP contribution in [0.4, 0.5) is 5.69 Å². The summed E-state index contributed by atoms with van der Waals surface area (Å²) in [6, 6.07) is 5.96. The van der Waals surface area contributed by atoms with E-state index in [2.05, 4.69) is 5.32 Å².